The van der Waals surface area contributed by atoms with E-state index in [1.54, 1.807) is 0 Å². The first-order valence-electron chi connectivity index (χ1n) is 8.57. The van der Waals surface area contributed by atoms with Crippen molar-refractivity contribution in [2.24, 2.45) is 4.99 Å². The highest BCUT2D eigenvalue weighted by Gasteiger charge is 2.19. The number of aliphatic imine (C=N–C) groups is 1. The number of thiophene rings is 1. The van der Waals surface area contributed by atoms with Crippen LogP contribution in [0.2, 0.25) is 0 Å². The first-order chi connectivity index (χ1) is 11.1. The summed E-state index contributed by atoms with van der Waals surface area (Å²) in [6, 6.07) is 4.94. The van der Waals surface area contributed by atoms with E-state index in [1.807, 2.05) is 18.4 Å². The quantitative estimate of drug-likeness (QED) is 0.611. The summed E-state index contributed by atoms with van der Waals surface area (Å²) in [6.07, 6.45) is 1.11. The molecule has 1 aromatic heterocycles. The molecule has 0 aromatic carbocycles. The summed E-state index contributed by atoms with van der Waals surface area (Å²) >= 11 is 1.87. The molecule has 1 aliphatic heterocycles. The zero-order valence-corrected chi connectivity index (χ0v) is 15.7. The highest BCUT2D eigenvalue weighted by molar-refractivity contribution is 7.11. The normalized spacial score (nSPS) is 18.9. The minimum absolute atomic E-state index is 0.524. The molecule has 0 aliphatic carbocycles. The van der Waals surface area contributed by atoms with E-state index in [0.29, 0.717) is 6.04 Å². The molecular weight excluding hydrogens is 306 g/mol. The number of nitrogens with one attached hydrogen (secondary N) is 2. The summed E-state index contributed by atoms with van der Waals surface area (Å²) in [5.74, 6) is 0.887. The fourth-order valence-electron chi connectivity index (χ4n) is 2.73. The van der Waals surface area contributed by atoms with Crippen LogP contribution >= 0.6 is 11.3 Å². The van der Waals surface area contributed by atoms with Gasteiger partial charge in [-0.25, -0.2) is 0 Å². The molecule has 2 N–H and O–H groups in total. The molecule has 1 aromatic rings. The van der Waals surface area contributed by atoms with Gasteiger partial charge >= 0.3 is 0 Å². The van der Waals surface area contributed by atoms with Gasteiger partial charge in [0.1, 0.15) is 0 Å². The van der Waals surface area contributed by atoms with Crippen LogP contribution in [-0.2, 0) is 13.0 Å². The van der Waals surface area contributed by atoms with E-state index in [1.165, 1.54) is 9.75 Å². The van der Waals surface area contributed by atoms with Crippen LogP contribution in [-0.4, -0.2) is 68.6 Å². The lowest BCUT2D eigenvalue weighted by molar-refractivity contribution is 0.120. The van der Waals surface area contributed by atoms with Gasteiger partial charge < -0.3 is 15.5 Å². The average Bonchev–Trinajstić information content (AvgIpc) is 3.03. The summed E-state index contributed by atoms with van der Waals surface area (Å²) in [4.78, 5) is 12.1. The fourth-order valence-corrected chi connectivity index (χ4v) is 3.63. The molecule has 1 atom stereocenters. The molecule has 1 unspecified atom stereocenters. The summed E-state index contributed by atoms with van der Waals surface area (Å²) < 4.78 is 0. The molecule has 0 spiro atoms. The molecular formula is C17H31N5S. The third-order valence-electron chi connectivity index (χ3n) is 4.45. The highest BCUT2D eigenvalue weighted by atomic mass is 32.1. The van der Waals surface area contributed by atoms with Gasteiger partial charge in [0, 0.05) is 55.6 Å². The Morgan fingerprint density at radius 2 is 1.91 bits per heavy atom. The number of likely N-dealkylation sites (N-methyl/N-ethyl adjacent to an activating group) is 1. The SMILES string of the molecule is CCc1ccc(CNC(=NC)NCC(C)N2CCN(C)CC2)s1. The van der Waals surface area contributed by atoms with E-state index >= 15 is 0 Å². The smallest absolute Gasteiger partial charge is 0.191 e. The number of piperazine rings is 1. The molecule has 2 heterocycles. The Morgan fingerprint density at radius 3 is 2.52 bits per heavy atom. The van der Waals surface area contributed by atoms with Crippen molar-refractivity contribution in [1.29, 1.82) is 0 Å². The van der Waals surface area contributed by atoms with Crippen LogP contribution in [0.4, 0.5) is 0 Å². The zero-order chi connectivity index (χ0) is 16.7. The van der Waals surface area contributed by atoms with Crippen LogP contribution in [0, 0.1) is 0 Å². The molecule has 23 heavy (non-hydrogen) atoms. The standard InChI is InChI=1S/C17H31N5S/c1-5-15-6-7-16(23-15)13-20-17(18-3)19-12-14(2)22-10-8-21(4)9-11-22/h6-7,14H,5,8-13H2,1-4H3,(H2,18,19,20). The summed E-state index contributed by atoms with van der Waals surface area (Å²) in [5.41, 5.74) is 0. The maximum atomic E-state index is 4.33. The Kier molecular flexibility index (Phi) is 7.33. The van der Waals surface area contributed by atoms with Crippen molar-refractivity contribution >= 4 is 17.3 Å². The van der Waals surface area contributed by atoms with Gasteiger partial charge in [-0.15, -0.1) is 11.3 Å². The van der Waals surface area contributed by atoms with Crippen molar-refractivity contribution in [1.82, 2.24) is 20.4 Å². The second-order valence-corrected chi connectivity index (χ2v) is 7.47. The van der Waals surface area contributed by atoms with Crippen molar-refractivity contribution in [3.05, 3.63) is 21.9 Å². The van der Waals surface area contributed by atoms with Gasteiger partial charge in [0.2, 0.25) is 0 Å². The lowest BCUT2D eigenvalue weighted by atomic mass is 10.2. The van der Waals surface area contributed by atoms with Crippen LogP contribution in [0.3, 0.4) is 0 Å². The van der Waals surface area contributed by atoms with E-state index in [9.17, 15) is 0 Å². The van der Waals surface area contributed by atoms with Gasteiger partial charge in [-0.1, -0.05) is 6.92 Å². The number of nitrogens with zero attached hydrogens (tertiary/aromatic N) is 3. The monoisotopic (exact) mass is 337 g/mol. The Balaban J connectivity index is 1.72. The maximum absolute atomic E-state index is 4.33. The minimum Gasteiger partial charge on any atom is -0.355 e. The van der Waals surface area contributed by atoms with Crippen molar-refractivity contribution in [3.8, 4) is 0 Å². The molecule has 1 aliphatic rings. The van der Waals surface area contributed by atoms with Gasteiger partial charge in [-0.3, -0.25) is 9.89 Å². The molecule has 1 saturated heterocycles. The first kappa shape index (κ1) is 18.2. The number of aryl methyl sites for hydroxylation is 1. The molecule has 1 fully saturated rings. The fraction of sp³-hybridized carbons (Fsp3) is 0.706. The topological polar surface area (TPSA) is 42.9 Å². The molecule has 0 amide bonds. The van der Waals surface area contributed by atoms with Crippen LogP contribution in [0.15, 0.2) is 17.1 Å². The molecule has 5 nitrogen and oxygen atoms in total. The molecule has 0 saturated carbocycles. The zero-order valence-electron chi connectivity index (χ0n) is 14.9. The number of guanidine groups is 1. The molecule has 6 heteroatoms. The van der Waals surface area contributed by atoms with Gasteiger partial charge in [-0.05, 0) is 32.5 Å². The summed E-state index contributed by atoms with van der Waals surface area (Å²) in [6.45, 7) is 10.9. The average molecular weight is 338 g/mol. The van der Waals surface area contributed by atoms with Gasteiger partial charge in [-0.2, -0.15) is 0 Å². The van der Waals surface area contributed by atoms with Crippen LogP contribution in [0.25, 0.3) is 0 Å². The molecule has 0 radical (unpaired) electrons. The Labute approximate surface area is 144 Å². The number of rotatable bonds is 6. The largest absolute Gasteiger partial charge is 0.355 e. The number of hydrogen-bond acceptors (Lipinski definition) is 4. The summed E-state index contributed by atoms with van der Waals surface area (Å²) in [5, 5.41) is 6.87. The lowest BCUT2D eigenvalue weighted by Gasteiger charge is -2.36. The minimum atomic E-state index is 0.524. The van der Waals surface area contributed by atoms with E-state index < -0.39 is 0 Å². The first-order valence-corrected chi connectivity index (χ1v) is 9.38. The van der Waals surface area contributed by atoms with Crippen molar-refractivity contribution < 1.29 is 0 Å². The van der Waals surface area contributed by atoms with Crippen molar-refractivity contribution in [2.45, 2.75) is 32.9 Å². The number of hydrogen-bond donors (Lipinski definition) is 2. The third-order valence-corrected chi connectivity index (χ3v) is 5.68. The van der Waals surface area contributed by atoms with E-state index in [4.69, 9.17) is 0 Å². The van der Waals surface area contributed by atoms with E-state index in [2.05, 4.69) is 58.5 Å². The predicted molar refractivity (Wildman–Crippen MR) is 100 cm³/mol. The Hall–Kier alpha value is -1.11. The van der Waals surface area contributed by atoms with Gasteiger partial charge in [0.25, 0.3) is 0 Å². The predicted octanol–water partition coefficient (Wildman–Crippen LogP) is 1.61. The second kappa shape index (κ2) is 9.25. The van der Waals surface area contributed by atoms with Gasteiger partial charge in [0.15, 0.2) is 5.96 Å². The van der Waals surface area contributed by atoms with E-state index in [-0.39, 0.29) is 0 Å². The van der Waals surface area contributed by atoms with Crippen LogP contribution in [0.5, 0.6) is 0 Å². The lowest BCUT2D eigenvalue weighted by Crippen LogP contribution is -2.52. The summed E-state index contributed by atoms with van der Waals surface area (Å²) in [7, 11) is 4.03. The third kappa shape index (κ3) is 5.79. The Morgan fingerprint density at radius 1 is 1.22 bits per heavy atom. The van der Waals surface area contributed by atoms with Crippen LogP contribution in [0.1, 0.15) is 23.6 Å². The Bertz CT molecular complexity index is 491. The van der Waals surface area contributed by atoms with Crippen molar-refractivity contribution in [3.63, 3.8) is 0 Å². The van der Waals surface area contributed by atoms with Crippen molar-refractivity contribution in [2.75, 3.05) is 46.8 Å². The van der Waals surface area contributed by atoms with Crippen LogP contribution < -0.4 is 10.6 Å². The van der Waals surface area contributed by atoms with Gasteiger partial charge in [0.05, 0.1) is 6.54 Å². The molecule has 0 bridgehead atoms. The highest BCUT2D eigenvalue weighted by Crippen LogP contribution is 2.16. The molecule has 130 valence electrons. The maximum Gasteiger partial charge on any atom is 0.191 e. The molecule has 2 rings (SSSR count). The second-order valence-electron chi connectivity index (χ2n) is 6.22. The van der Waals surface area contributed by atoms with E-state index in [0.717, 1.165) is 51.6 Å².